The lowest BCUT2D eigenvalue weighted by molar-refractivity contribution is 0.439. The molecule has 3 N–H and O–H groups in total. The third kappa shape index (κ3) is 3.16. The average molecular weight is 249 g/mol. The molecule has 0 spiro atoms. The van der Waals surface area contributed by atoms with Crippen molar-refractivity contribution in [1.29, 1.82) is 0 Å². The number of pyridine rings is 1. The molecule has 2 unspecified atom stereocenters. The van der Waals surface area contributed by atoms with Crippen molar-refractivity contribution in [2.45, 2.75) is 26.2 Å². The molecule has 1 saturated carbocycles. The van der Waals surface area contributed by atoms with E-state index in [1.165, 1.54) is 19.3 Å². The molecule has 3 nitrogen and oxygen atoms in total. The van der Waals surface area contributed by atoms with Crippen LogP contribution in [0.25, 0.3) is 0 Å². The summed E-state index contributed by atoms with van der Waals surface area (Å²) in [6.07, 6.45) is 4.03. The van der Waals surface area contributed by atoms with E-state index in [1.54, 1.807) is 0 Å². The third-order valence-electron chi connectivity index (χ3n) is 3.59. The van der Waals surface area contributed by atoms with Crippen LogP contribution in [-0.4, -0.2) is 16.5 Å². The van der Waals surface area contributed by atoms with E-state index in [9.17, 15) is 0 Å². The highest BCUT2D eigenvalue weighted by Gasteiger charge is 2.22. The van der Waals surface area contributed by atoms with Crippen molar-refractivity contribution in [3.8, 4) is 0 Å². The maximum absolute atomic E-state index is 5.56. The first-order valence-corrected chi connectivity index (χ1v) is 6.58. The maximum Gasteiger partial charge on any atom is 0.126 e. The molecule has 0 amide bonds. The normalized spacial score (nSPS) is 23.6. The Bertz CT molecular complexity index is 405. The van der Waals surface area contributed by atoms with E-state index < -0.39 is 0 Å². The highest BCUT2D eigenvalue weighted by atomic mass is 32.1. The van der Waals surface area contributed by atoms with Gasteiger partial charge in [0, 0.05) is 6.54 Å². The second kappa shape index (κ2) is 5.45. The summed E-state index contributed by atoms with van der Waals surface area (Å²) >= 11 is 4.92. The highest BCUT2D eigenvalue weighted by molar-refractivity contribution is 7.80. The summed E-state index contributed by atoms with van der Waals surface area (Å²) in [5.41, 5.74) is 6.25. The van der Waals surface area contributed by atoms with Crippen LogP contribution in [0, 0.1) is 11.8 Å². The van der Waals surface area contributed by atoms with Crippen LogP contribution < -0.4 is 11.1 Å². The molecule has 0 radical (unpaired) electrons. The summed E-state index contributed by atoms with van der Waals surface area (Å²) in [7, 11) is 0. The first-order valence-electron chi connectivity index (χ1n) is 6.17. The van der Waals surface area contributed by atoms with Crippen LogP contribution in [0.5, 0.6) is 0 Å². The van der Waals surface area contributed by atoms with Crippen molar-refractivity contribution in [3.63, 3.8) is 0 Å². The van der Waals surface area contributed by atoms with Gasteiger partial charge in [-0.15, -0.1) is 0 Å². The van der Waals surface area contributed by atoms with E-state index in [1.807, 2.05) is 18.2 Å². The van der Waals surface area contributed by atoms with Gasteiger partial charge in [0.1, 0.15) is 10.8 Å². The first kappa shape index (κ1) is 12.3. The second-order valence-electron chi connectivity index (χ2n) is 4.82. The number of nitrogens with zero attached hydrogens (tertiary/aromatic N) is 1. The minimum atomic E-state index is 0.350. The van der Waals surface area contributed by atoms with Crippen LogP contribution in [-0.2, 0) is 0 Å². The molecule has 92 valence electrons. The van der Waals surface area contributed by atoms with Crippen LogP contribution in [0.15, 0.2) is 18.2 Å². The molecule has 1 fully saturated rings. The fraction of sp³-hybridized carbons (Fsp3) is 0.538. The summed E-state index contributed by atoms with van der Waals surface area (Å²) in [6, 6.07) is 5.73. The van der Waals surface area contributed by atoms with E-state index in [-0.39, 0.29) is 0 Å². The molecule has 17 heavy (non-hydrogen) atoms. The van der Waals surface area contributed by atoms with Gasteiger partial charge in [0.05, 0.1) is 5.69 Å². The minimum absolute atomic E-state index is 0.350. The lowest BCUT2D eigenvalue weighted by atomic mass is 9.98. The Kier molecular flexibility index (Phi) is 3.94. The quantitative estimate of drug-likeness (QED) is 0.805. The van der Waals surface area contributed by atoms with Crippen molar-refractivity contribution >= 4 is 23.0 Å². The zero-order valence-electron chi connectivity index (χ0n) is 10.1. The van der Waals surface area contributed by atoms with E-state index in [0.29, 0.717) is 10.7 Å². The highest BCUT2D eigenvalue weighted by Crippen LogP contribution is 2.31. The van der Waals surface area contributed by atoms with Crippen LogP contribution >= 0.6 is 12.2 Å². The van der Waals surface area contributed by atoms with E-state index in [4.69, 9.17) is 18.0 Å². The number of hydrogen-bond acceptors (Lipinski definition) is 3. The van der Waals surface area contributed by atoms with Gasteiger partial charge in [-0.05, 0) is 30.4 Å². The molecule has 4 heteroatoms. The van der Waals surface area contributed by atoms with E-state index in [2.05, 4.69) is 17.2 Å². The summed E-state index contributed by atoms with van der Waals surface area (Å²) in [4.78, 5) is 4.73. The van der Waals surface area contributed by atoms with Gasteiger partial charge < -0.3 is 11.1 Å². The smallest absolute Gasteiger partial charge is 0.126 e. The van der Waals surface area contributed by atoms with E-state index >= 15 is 0 Å². The number of rotatable bonds is 4. The van der Waals surface area contributed by atoms with Crippen LogP contribution in [0.4, 0.5) is 5.82 Å². The lowest BCUT2D eigenvalue weighted by Crippen LogP contribution is -2.18. The molecular formula is C13H19N3S. The van der Waals surface area contributed by atoms with Crippen molar-refractivity contribution in [2.75, 3.05) is 11.9 Å². The zero-order valence-corrected chi connectivity index (χ0v) is 11.0. The monoisotopic (exact) mass is 249 g/mol. The molecule has 0 aliphatic heterocycles. The van der Waals surface area contributed by atoms with Crippen molar-refractivity contribution in [1.82, 2.24) is 4.98 Å². The minimum Gasteiger partial charge on any atom is -0.388 e. The van der Waals surface area contributed by atoms with Gasteiger partial charge >= 0.3 is 0 Å². The van der Waals surface area contributed by atoms with Gasteiger partial charge in [-0.3, -0.25) is 0 Å². The second-order valence-corrected chi connectivity index (χ2v) is 5.26. The number of nitrogens with one attached hydrogen (secondary N) is 1. The van der Waals surface area contributed by atoms with Crippen LogP contribution in [0.2, 0.25) is 0 Å². The molecular weight excluding hydrogens is 230 g/mol. The van der Waals surface area contributed by atoms with Gasteiger partial charge in [-0.1, -0.05) is 38.0 Å². The maximum atomic E-state index is 5.56. The van der Waals surface area contributed by atoms with Crippen molar-refractivity contribution in [3.05, 3.63) is 23.9 Å². The Morgan fingerprint density at radius 3 is 3.00 bits per heavy atom. The molecule has 1 aliphatic carbocycles. The molecule has 2 atom stereocenters. The summed E-state index contributed by atoms with van der Waals surface area (Å²) < 4.78 is 0. The average Bonchev–Trinajstić information content (AvgIpc) is 2.72. The molecule has 0 bridgehead atoms. The molecule has 0 saturated heterocycles. The molecule has 2 rings (SSSR count). The summed E-state index contributed by atoms with van der Waals surface area (Å²) in [5.74, 6) is 2.46. The summed E-state index contributed by atoms with van der Waals surface area (Å²) in [6.45, 7) is 3.33. The van der Waals surface area contributed by atoms with Crippen LogP contribution in [0.3, 0.4) is 0 Å². The van der Waals surface area contributed by atoms with Crippen LogP contribution in [0.1, 0.15) is 31.9 Å². The van der Waals surface area contributed by atoms with Gasteiger partial charge in [-0.2, -0.15) is 0 Å². The van der Waals surface area contributed by atoms with Gasteiger partial charge in [0.2, 0.25) is 0 Å². The standard InChI is InChI=1S/C13H19N3S/c1-9-4-2-5-10(9)8-15-12-7-3-6-11(16-12)13(14)17/h3,6-7,9-10H,2,4-5,8H2,1H3,(H2,14,17)(H,15,16). The van der Waals surface area contributed by atoms with Gasteiger partial charge in [0.15, 0.2) is 0 Å². The third-order valence-corrected chi connectivity index (χ3v) is 3.80. The van der Waals surface area contributed by atoms with Crippen molar-refractivity contribution < 1.29 is 0 Å². The van der Waals surface area contributed by atoms with Crippen molar-refractivity contribution in [2.24, 2.45) is 17.6 Å². The number of hydrogen-bond donors (Lipinski definition) is 2. The topological polar surface area (TPSA) is 50.9 Å². The fourth-order valence-corrected chi connectivity index (χ4v) is 2.55. The van der Waals surface area contributed by atoms with Gasteiger partial charge in [-0.25, -0.2) is 4.98 Å². The Hall–Kier alpha value is -1.16. The van der Waals surface area contributed by atoms with Gasteiger partial charge in [0.25, 0.3) is 0 Å². The lowest BCUT2D eigenvalue weighted by Gasteiger charge is -2.16. The number of nitrogens with two attached hydrogens (primary N) is 1. The predicted octanol–water partition coefficient (Wildman–Crippen LogP) is 2.56. The largest absolute Gasteiger partial charge is 0.388 e. The zero-order chi connectivity index (χ0) is 12.3. The molecule has 1 aliphatic rings. The van der Waals surface area contributed by atoms with E-state index in [0.717, 1.165) is 24.2 Å². The Morgan fingerprint density at radius 2 is 2.35 bits per heavy atom. The summed E-state index contributed by atoms with van der Waals surface area (Å²) in [5, 5.41) is 3.39. The molecule has 1 heterocycles. The molecule has 0 aromatic carbocycles. The first-order chi connectivity index (χ1) is 8.16. The number of thiocarbonyl (C=S) groups is 1. The number of aromatic nitrogens is 1. The molecule has 1 aromatic rings. The fourth-order valence-electron chi connectivity index (χ4n) is 2.43. The molecule has 1 aromatic heterocycles. The Morgan fingerprint density at radius 1 is 1.53 bits per heavy atom. The number of anilines is 1. The predicted molar refractivity (Wildman–Crippen MR) is 75.1 cm³/mol. The SMILES string of the molecule is CC1CCCC1CNc1cccc(C(N)=S)n1. The Labute approximate surface area is 108 Å². The Balaban J connectivity index is 1.94.